The van der Waals surface area contributed by atoms with E-state index < -0.39 is 0 Å². The van der Waals surface area contributed by atoms with Crippen molar-refractivity contribution >= 4 is 12.6 Å². The number of thiol groups is 1. The molecular formula is C21H31NS. The second kappa shape index (κ2) is 13.2. The summed E-state index contributed by atoms with van der Waals surface area (Å²) < 4.78 is 0. The van der Waals surface area contributed by atoms with Gasteiger partial charge in [0.2, 0.25) is 0 Å². The van der Waals surface area contributed by atoms with Gasteiger partial charge in [0.05, 0.1) is 0 Å². The van der Waals surface area contributed by atoms with Gasteiger partial charge in [-0.25, -0.2) is 0 Å². The maximum Gasteiger partial charge on any atom is 0.0178 e. The molecule has 0 aliphatic rings. The highest BCUT2D eigenvalue weighted by atomic mass is 32.1. The van der Waals surface area contributed by atoms with Gasteiger partial charge in [-0.15, -0.1) is 12.6 Å². The van der Waals surface area contributed by atoms with Crippen molar-refractivity contribution in [3.63, 3.8) is 0 Å². The predicted molar refractivity (Wildman–Crippen MR) is 105 cm³/mol. The van der Waals surface area contributed by atoms with Crippen LogP contribution in [-0.2, 0) is 13.0 Å². The summed E-state index contributed by atoms with van der Waals surface area (Å²) in [5.41, 5.74) is 8.01. The number of benzene rings is 2. The highest BCUT2D eigenvalue weighted by molar-refractivity contribution is 7.80. The van der Waals surface area contributed by atoms with Crippen molar-refractivity contribution in [3.05, 3.63) is 65.7 Å². The monoisotopic (exact) mass is 329 g/mol. The first-order valence-electron chi connectivity index (χ1n) is 8.78. The summed E-state index contributed by atoms with van der Waals surface area (Å²) in [4.78, 5) is 0.979. The first-order valence-corrected chi connectivity index (χ1v) is 9.23. The first kappa shape index (κ1) is 19.8. The van der Waals surface area contributed by atoms with Crippen molar-refractivity contribution in [3.8, 4) is 0 Å². The fraction of sp³-hybridized carbons (Fsp3) is 0.429. The van der Waals surface area contributed by atoms with Gasteiger partial charge in [0, 0.05) is 11.4 Å². The minimum absolute atomic E-state index is 0.605. The van der Waals surface area contributed by atoms with Crippen LogP contribution in [0.4, 0.5) is 0 Å². The van der Waals surface area contributed by atoms with Gasteiger partial charge in [0.1, 0.15) is 0 Å². The van der Waals surface area contributed by atoms with Crippen LogP contribution in [0.15, 0.2) is 59.5 Å². The van der Waals surface area contributed by atoms with Gasteiger partial charge < -0.3 is 5.73 Å². The molecule has 0 heterocycles. The first-order chi connectivity index (χ1) is 11.3. The second-order valence-corrected chi connectivity index (χ2v) is 6.39. The summed E-state index contributed by atoms with van der Waals surface area (Å²) in [6.45, 7) is 2.87. The molecule has 2 aromatic rings. The zero-order chi connectivity index (χ0) is 16.8. The van der Waals surface area contributed by atoms with Gasteiger partial charge in [-0.3, -0.25) is 0 Å². The van der Waals surface area contributed by atoms with Gasteiger partial charge in [0.25, 0.3) is 0 Å². The normalized spacial score (nSPS) is 10.0. The third-order valence-corrected chi connectivity index (χ3v) is 4.13. The van der Waals surface area contributed by atoms with Crippen LogP contribution in [0.5, 0.6) is 0 Å². The Balaban J connectivity index is 0.000000253. The Kier molecular flexibility index (Phi) is 11.4. The highest BCUT2D eigenvalue weighted by Crippen LogP contribution is 2.09. The van der Waals surface area contributed by atoms with Crippen LogP contribution in [0.25, 0.3) is 0 Å². The molecule has 0 bridgehead atoms. The molecule has 0 unspecified atom stereocenters. The molecular weight excluding hydrogens is 298 g/mol. The largest absolute Gasteiger partial charge is 0.326 e. The Labute approximate surface area is 147 Å². The number of rotatable bonds is 8. The van der Waals surface area contributed by atoms with E-state index in [0.717, 1.165) is 10.5 Å². The van der Waals surface area contributed by atoms with Crippen LogP contribution < -0.4 is 5.73 Å². The quantitative estimate of drug-likeness (QED) is 0.449. The SMILES string of the molecule is CCCCCCCCc1ccccc1.NCc1ccc(S)cc1. The summed E-state index contributed by atoms with van der Waals surface area (Å²) in [6.07, 6.45) is 9.60. The van der Waals surface area contributed by atoms with Crippen LogP contribution in [-0.4, -0.2) is 0 Å². The Morgan fingerprint density at radius 3 is 1.96 bits per heavy atom. The molecule has 0 spiro atoms. The molecule has 1 nitrogen and oxygen atoms in total. The maximum atomic E-state index is 5.37. The minimum atomic E-state index is 0.605. The molecule has 2 heteroatoms. The Hall–Kier alpha value is -1.25. The number of aryl methyl sites for hydroxylation is 1. The van der Waals surface area contributed by atoms with E-state index in [0.29, 0.717) is 6.54 Å². The molecule has 0 aliphatic carbocycles. The van der Waals surface area contributed by atoms with Crippen molar-refractivity contribution in [2.45, 2.75) is 63.3 Å². The average molecular weight is 330 g/mol. The molecule has 0 aliphatic heterocycles. The molecule has 0 aromatic heterocycles. The molecule has 0 saturated carbocycles. The average Bonchev–Trinajstić information content (AvgIpc) is 2.60. The van der Waals surface area contributed by atoms with Gasteiger partial charge in [-0.2, -0.15) is 0 Å². The van der Waals surface area contributed by atoms with Crippen molar-refractivity contribution in [1.82, 2.24) is 0 Å². The summed E-state index contributed by atoms with van der Waals surface area (Å²) in [6, 6.07) is 18.6. The van der Waals surface area contributed by atoms with E-state index in [1.165, 1.54) is 50.5 Å². The lowest BCUT2D eigenvalue weighted by Gasteiger charge is -2.01. The number of hydrogen-bond donors (Lipinski definition) is 2. The summed E-state index contributed by atoms with van der Waals surface area (Å²) in [5, 5.41) is 0. The van der Waals surface area contributed by atoms with Gasteiger partial charge in [-0.05, 0) is 36.1 Å². The van der Waals surface area contributed by atoms with E-state index in [-0.39, 0.29) is 0 Å². The van der Waals surface area contributed by atoms with Crippen LogP contribution >= 0.6 is 12.6 Å². The van der Waals surface area contributed by atoms with E-state index in [9.17, 15) is 0 Å². The van der Waals surface area contributed by atoms with Gasteiger partial charge in [-0.1, -0.05) is 81.5 Å². The topological polar surface area (TPSA) is 26.0 Å². The number of hydrogen-bond acceptors (Lipinski definition) is 2. The van der Waals surface area contributed by atoms with Crippen LogP contribution in [0.3, 0.4) is 0 Å². The molecule has 126 valence electrons. The molecule has 0 fully saturated rings. The molecule has 2 aromatic carbocycles. The fourth-order valence-corrected chi connectivity index (χ4v) is 2.54. The fourth-order valence-electron chi connectivity index (χ4n) is 2.39. The second-order valence-electron chi connectivity index (χ2n) is 5.87. The van der Waals surface area contributed by atoms with Gasteiger partial charge >= 0.3 is 0 Å². The number of nitrogens with two attached hydrogens (primary N) is 1. The predicted octanol–water partition coefficient (Wildman–Crippen LogP) is 6.02. The lowest BCUT2D eigenvalue weighted by atomic mass is 10.1. The van der Waals surface area contributed by atoms with Crippen LogP contribution in [0.2, 0.25) is 0 Å². The lowest BCUT2D eigenvalue weighted by Crippen LogP contribution is -1.94. The van der Waals surface area contributed by atoms with E-state index in [1.807, 2.05) is 24.3 Å². The van der Waals surface area contributed by atoms with Crippen LogP contribution in [0.1, 0.15) is 56.6 Å². The van der Waals surface area contributed by atoms with E-state index in [1.54, 1.807) is 0 Å². The zero-order valence-corrected chi connectivity index (χ0v) is 15.3. The zero-order valence-electron chi connectivity index (χ0n) is 14.4. The third-order valence-electron chi connectivity index (χ3n) is 3.83. The van der Waals surface area contributed by atoms with E-state index in [4.69, 9.17) is 5.73 Å². The van der Waals surface area contributed by atoms with Gasteiger partial charge in [0.15, 0.2) is 0 Å². The smallest absolute Gasteiger partial charge is 0.0178 e. The Morgan fingerprint density at radius 1 is 0.739 bits per heavy atom. The number of unbranched alkanes of at least 4 members (excludes halogenated alkanes) is 5. The van der Waals surface area contributed by atoms with Crippen molar-refractivity contribution in [2.24, 2.45) is 5.73 Å². The standard InChI is InChI=1S/C14H22.C7H9NS/c1-2-3-4-5-6-8-11-14-12-9-7-10-13-14;8-5-6-1-3-7(9)4-2-6/h7,9-10,12-13H,2-6,8,11H2,1H3;1-4,9H,5,8H2. The minimum Gasteiger partial charge on any atom is -0.326 e. The summed E-state index contributed by atoms with van der Waals surface area (Å²) >= 11 is 4.13. The Bertz CT molecular complexity index is 493. The van der Waals surface area contributed by atoms with E-state index in [2.05, 4.69) is 49.9 Å². The molecule has 2 rings (SSSR count). The van der Waals surface area contributed by atoms with E-state index >= 15 is 0 Å². The van der Waals surface area contributed by atoms with Crippen LogP contribution in [0, 0.1) is 0 Å². The molecule has 23 heavy (non-hydrogen) atoms. The highest BCUT2D eigenvalue weighted by Gasteiger charge is 1.92. The Morgan fingerprint density at radius 2 is 1.35 bits per heavy atom. The molecule has 0 saturated heterocycles. The van der Waals surface area contributed by atoms with Crippen molar-refractivity contribution < 1.29 is 0 Å². The van der Waals surface area contributed by atoms with Crippen molar-refractivity contribution in [2.75, 3.05) is 0 Å². The molecule has 0 atom stereocenters. The maximum absolute atomic E-state index is 5.37. The molecule has 0 radical (unpaired) electrons. The summed E-state index contributed by atoms with van der Waals surface area (Å²) in [5.74, 6) is 0. The summed E-state index contributed by atoms with van der Waals surface area (Å²) in [7, 11) is 0. The lowest BCUT2D eigenvalue weighted by molar-refractivity contribution is 0.607. The molecule has 2 N–H and O–H groups in total. The van der Waals surface area contributed by atoms with Crippen molar-refractivity contribution in [1.29, 1.82) is 0 Å². The molecule has 0 amide bonds. The third kappa shape index (κ3) is 10.2.